The van der Waals surface area contributed by atoms with Crippen molar-refractivity contribution in [3.63, 3.8) is 0 Å². The molecule has 44 heavy (non-hydrogen) atoms. The molecule has 0 fully saturated rings. The van der Waals surface area contributed by atoms with Crippen LogP contribution < -0.4 is 24.4 Å². The van der Waals surface area contributed by atoms with Gasteiger partial charge >= 0.3 is 11.7 Å². The first-order valence-electron chi connectivity index (χ1n) is 13.2. The van der Waals surface area contributed by atoms with E-state index >= 15 is 0 Å². The number of fused-ring (bicyclic) bond motifs is 1. The lowest BCUT2D eigenvalue weighted by atomic mass is 9.96. The number of nitro groups is 2. The standard InChI is InChI=1S/C30H24N4O9S/c1-4-42-29(36)26-17(2)31-30-32(27(26)19-8-6-5-7-9-19)28(35)25(44-30)15-18-10-12-23(24(14-18)41-3)43-22-13-11-20(33(37)38)16-21(22)34(39)40/h5-16,27H,4H2,1-3H3/b25-15+. The Morgan fingerprint density at radius 1 is 1.02 bits per heavy atom. The van der Waals surface area contributed by atoms with Crippen LogP contribution in [-0.2, 0) is 9.53 Å². The van der Waals surface area contributed by atoms with E-state index in [1.165, 1.54) is 17.7 Å². The molecule has 14 heteroatoms. The molecule has 1 aliphatic heterocycles. The number of allylic oxidation sites excluding steroid dienone is 1. The van der Waals surface area contributed by atoms with Crippen LogP contribution in [0, 0.1) is 20.2 Å². The molecule has 1 unspecified atom stereocenters. The Labute approximate surface area is 252 Å². The predicted molar refractivity (Wildman–Crippen MR) is 160 cm³/mol. The van der Waals surface area contributed by atoms with Crippen molar-refractivity contribution in [2.45, 2.75) is 19.9 Å². The number of hydrogen-bond donors (Lipinski definition) is 0. The highest BCUT2D eigenvalue weighted by Gasteiger charge is 2.33. The minimum Gasteiger partial charge on any atom is -0.493 e. The molecule has 0 spiro atoms. The number of non-ortho nitro benzene ring substituents is 1. The zero-order valence-corrected chi connectivity index (χ0v) is 24.4. The monoisotopic (exact) mass is 616 g/mol. The molecule has 1 aliphatic rings. The van der Waals surface area contributed by atoms with E-state index in [0.717, 1.165) is 35.1 Å². The molecule has 0 saturated carbocycles. The number of ether oxygens (including phenoxy) is 3. The van der Waals surface area contributed by atoms with Gasteiger partial charge in [0.2, 0.25) is 5.75 Å². The second-order valence-electron chi connectivity index (χ2n) is 9.39. The van der Waals surface area contributed by atoms with Gasteiger partial charge in [-0.05, 0) is 49.2 Å². The summed E-state index contributed by atoms with van der Waals surface area (Å²) in [7, 11) is 1.38. The maximum atomic E-state index is 13.8. The van der Waals surface area contributed by atoms with Gasteiger partial charge in [-0.3, -0.25) is 29.6 Å². The number of carbonyl (C=O) groups excluding carboxylic acids is 1. The fourth-order valence-electron chi connectivity index (χ4n) is 4.72. The first-order valence-corrected chi connectivity index (χ1v) is 14.0. The summed E-state index contributed by atoms with van der Waals surface area (Å²) in [5, 5.41) is 22.6. The number of nitrogens with zero attached hydrogens (tertiary/aromatic N) is 4. The highest BCUT2D eigenvalue weighted by atomic mass is 32.1. The summed E-state index contributed by atoms with van der Waals surface area (Å²) in [5.74, 6) is -0.456. The van der Waals surface area contributed by atoms with Gasteiger partial charge in [0.1, 0.15) is 0 Å². The van der Waals surface area contributed by atoms with Crippen molar-refractivity contribution >= 4 is 34.8 Å². The summed E-state index contributed by atoms with van der Waals surface area (Å²) < 4.78 is 18.3. The van der Waals surface area contributed by atoms with E-state index in [1.807, 2.05) is 30.3 Å². The van der Waals surface area contributed by atoms with Crippen molar-refractivity contribution in [1.29, 1.82) is 0 Å². The van der Waals surface area contributed by atoms with E-state index < -0.39 is 33.2 Å². The van der Waals surface area contributed by atoms with Gasteiger partial charge < -0.3 is 14.2 Å². The molecule has 0 N–H and O–H groups in total. The lowest BCUT2D eigenvalue weighted by Crippen LogP contribution is -2.39. The van der Waals surface area contributed by atoms with E-state index in [2.05, 4.69) is 4.99 Å². The molecule has 0 saturated heterocycles. The van der Waals surface area contributed by atoms with Crippen LogP contribution in [0.1, 0.15) is 31.0 Å². The second kappa shape index (κ2) is 12.3. The molecule has 224 valence electrons. The molecule has 13 nitrogen and oxygen atoms in total. The highest BCUT2D eigenvalue weighted by Crippen LogP contribution is 2.38. The Hall–Kier alpha value is -5.63. The zero-order valence-electron chi connectivity index (χ0n) is 23.6. The van der Waals surface area contributed by atoms with Crippen LogP contribution in [0.4, 0.5) is 11.4 Å². The minimum atomic E-state index is -0.777. The van der Waals surface area contributed by atoms with Crippen molar-refractivity contribution in [3.8, 4) is 17.2 Å². The van der Waals surface area contributed by atoms with Crippen molar-refractivity contribution in [2.24, 2.45) is 4.99 Å². The van der Waals surface area contributed by atoms with Crippen molar-refractivity contribution in [1.82, 2.24) is 4.57 Å². The first kappa shape index (κ1) is 29.8. The van der Waals surface area contributed by atoms with Crippen molar-refractivity contribution < 1.29 is 28.9 Å². The van der Waals surface area contributed by atoms with Gasteiger partial charge in [0.25, 0.3) is 11.2 Å². The van der Waals surface area contributed by atoms with E-state index in [9.17, 15) is 29.8 Å². The highest BCUT2D eigenvalue weighted by molar-refractivity contribution is 7.07. The van der Waals surface area contributed by atoms with Crippen LogP contribution in [-0.4, -0.2) is 34.1 Å². The Kier molecular flexibility index (Phi) is 8.35. The summed E-state index contributed by atoms with van der Waals surface area (Å²) in [5.41, 5.74) is 0.604. The third kappa shape index (κ3) is 5.70. The largest absolute Gasteiger partial charge is 0.493 e. The number of benzene rings is 3. The number of thiazole rings is 1. The number of esters is 1. The fourth-order valence-corrected chi connectivity index (χ4v) is 5.77. The molecule has 2 heterocycles. The molecule has 1 atom stereocenters. The summed E-state index contributed by atoms with van der Waals surface area (Å²) in [6, 6.07) is 16.2. The molecular weight excluding hydrogens is 592 g/mol. The number of rotatable bonds is 9. The summed E-state index contributed by atoms with van der Waals surface area (Å²) in [4.78, 5) is 52.9. The van der Waals surface area contributed by atoms with E-state index in [-0.39, 0.29) is 35.0 Å². The van der Waals surface area contributed by atoms with Gasteiger partial charge in [0, 0.05) is 6.07 Å². The summed E-state index contributed by atoms with van der Waals surface area (Å²) in [6.07, 6.45) is 1.63. The lowest BCUT2D eigenvalue weighted by Gasteiger charge is -2.24. The first-order chi connectivity index (χ1) is 21.1. The van der Waals surface area contributed by atoms with Crippen molar-refractivity contribution in [2.75, 3.05) is 13.7 Å². The molecule has 0 aliphatic carbocycles. The fraction of sp³-hybridized carbons (Fsp3) is 0.167. The smallest absolute Gasteiger partial charge is 0.338 e. The van der Waals surface area contributed by atoms with Crippen LogP contribution in [0.3, 0.4) is 0 Å². The number of hydrogen-bond acceptors (Lipinski definition) is 11. The molecule has 0 bridgehead atoms. The van der Waals surface area contributed by atoms with E-state index in [1.54, 1.807) is 32.1 Å². The minimum absolute atomic E-state index is 0.113. The van der Waals surface area contributed by atoms with Crippen LogP contribution in [0.25, 0.3) is 6.08 Å². The maximum absolute atomic E-state index is 13.8. The van der Waals surface area contributed by atoms with Crippen LogP contribution in [0.15, 0.2) is 87.8 Å². The third-order valence-corrected chi connectivity index (χ3v) is 7.67. The molecule has 1 aromatic heterocycles. The summed E-state index contributed by atoms with van der Waals surface area (Å²) in [6.45, 7) is 3.58. The molecule has 4 aromatic rings. The second-order valence-corrected chi connectivity index (χ2v) is 10.4. The van der Waals surface area contributed by atoms with E-state index in [4.69, 9.17) is 14.2 Å². The number of methoxy groups -OCH3 is 1. The van der Waals surface area contributed by atoms with Crippen LogP contribution in [0.2, 0.25) is 0 Å². The number of aromatic nitrogens is 1. The maximum Gasteiger partial charge on any atom is 0.338 e. The normalized spacial score (nSPS) is 14.4. The Morgan fingerprint density at radius 3 is 2.41 bits per heavy atom. The molecule has 0 radical (unpaired) electrons. The quantitative estimate of drug-likeness (QED) is 0.150. The lowest BCUT2D eigenvalue weighted by molar-refractivity contribution is -0.394. The topological polar surface area (TPSA) is 165 Å². The van der Waals surface area contributed by atoms with Gasteiger partial charge in [0.15, 0.2) is 16.3 Å². The van der Waals surface area contributed by atoms with E-state index in [0.29, 0.717) is 20.6 Å². The average Bonchev–Trinajstić information content (AvgIpc) is 3.31. The van der Waals surface area contributed by atoms with Crippen molar-refractivity contribution in [3.05, 3.63) is 129 Å². The number of nitro benzene ring substituents is 2. The van der Waals surface area contributed by atoms with Gasteiger partial charge in [-0.1, -0.05) is 47.7 Å². The average molecular weight is 617 g/mol. The number of carbonyl (C=O) groups is 1. The molecular formula is C30H24N4O9S. The zero-order chi connectivity index (χ0) is 31.5. The molecule has 3 aromatic carbocycles. The molecule has 0 amide bonds. The molecule has 5 rings (SSSR count). The Morgan fingerprint density at radius 2 is 1.75 bits per heavy atom. The Balaban J connectivity index is 1.56. The predicted octanol–water partition coefficient (Wildman–Crippen LogP) is 4.42. The summed E-state index contributed by atoms with van der Waals surface area (Å²) >= 11 is 1.16. The van der Waals surface area contributed by atoms with Gasteiger partial charge in [-0.15, -0.1) is 0 Å². The van der Waals surface area contributed by atoms with Gasteiger partial charge in [-0.25, -0.2) is 9.79 Å². The SMILES string of the molecule is CCOC(=O)C1=C(C)N=c2s/c(=C/c3ccc(Oc4ccc([N+](=O)[O-])cc4[N+](=O)[O-])c(OC)c3)c(=O)n2C1c1ccccc1. The van der Waals surface area contributed by atoms with Gasteiger partial charge in [-0.2, -0.15) is 0 Å². The third-order valence-electron chi connectivity index (χ3n) is 6.69. The van der Waals surface area contributed by atoms with Gasteiger partial charge in [0.05, 0.1) is 51.5 Å². The van der Waals surface area contributed by atoms with Crippen LogP contribution in [0.5, 0.6) is 17.2 Å². The van der Waals surface area contributed by atoms with Crippen LogP contribution >= 0.6 is 11.3 Å². The Bertz CT molecular complexity index is 2020.